The Balaban J connectivity index is 2.22. The quantitative estimate of drug-likeness (QED) is 0.747. The van der Waals surface area contributed by atoms with Crippen molar-refractivity contribution in [3.63, 3.8) is 0 Å². The number of rotatable bonds is 1. The number of piperidine rings is 1. The number of carbonyl (C=O) groups is 1. The zero-order valence-corrected chi connectivity index (χ0v) is 8.47. The summed E-state index contributed by atoms with van der Waals surface area (Å²) in [5.41, 5.74) is 6.22. The molecule has 2 heterocycles. The first-order valence-electron chi connectivity index (χ1n) is 5.11. The molecule has 15 heavy (non-hydrogen) atoms. The minimum absolute atomic E-state index is 0.0271. The van der Waals surface area contributed by atoms with E-state index in [4.69, 9.17) is 5.73 Å². The van der Waals surface area contributed by atoms with Gasteiger partial charge >= 0.3 is 6.03 Å². The van der Waals surface area contributed by atoms with Gasteiger partial charge in [0.2, 0.25) is 0 Å². The summed E-state index contributed by atoms with van der Waals surface area (Å²) in [5, 5.41) is 0. The van der Waals surface area contributed by atoms with Gasteiger partial charge in [0.25, 0.3) is 0 Å². The van der Waals surface area contributed by atoms with Crippen LogP contribution in [0.15, 0.2) is 18.6 Å². The highest BCUT2D eigenvalue weighted by atomic mass is 16.2. The van der Waals surface area contributed by atoms with Crippen molar-refractivity contribution in [1.82, 2.24) is 14.9 Å². The SMILES string of the molecule is NC(=O)N1CCCCC1c1ccncn1. The Bertz CT molecular complexity index is 341. The number of hydrogen-bond acceptors (Lipinski definition) is 3. The van der Waals surface area contributed by atoms with Crippen LogP contribution in [0.3, 0.4) is 0 Å². The Morgan fingerprint density at radius 1 is 1.53 bits per heavy atom. The monoisotopic (exact) mass is 206 g/mol. The number of urea groups is 1. The molecule has 2 rings (SSSR count). The minimum Gasteiger partial charge on any atom is -0.351 e. The fraction of sp³-hybridized carbons (Fsp3) is 0.500. The molecule has 1 aromatic heterocycles. The van der Waals surface area contributed by atoms with Crippen LogP contribution in [-0.4, -0.2) is 27.4 Å². The number of aromatic nitrogens is 2. The molecule has 0 aliphatic carbocycles. The van der Waals surface area contributed by atoms with E-state index in [2.05, 4.69) is 9.97 Å². The van der Waals surface area contributed by atoms with Gasteiger partial charge in [0.1, 0.15) is 6.33 Å². The van der Waals surface area contributed by atoms with E-state index in [0.29, 0.717) is 0 Å². The summed E-state index contributed by atoms with van der Waals surface area (Å²) >= 11 is 0. The van der Waals surface area contributed by atoms with Crippen LogP contribution in [0.5, 0.6) is 0 Å². The second-order valence-corrected chi connectivity index (χ2v) is 3.68. The number of likely N-dealkylation sites (tertiary alicyclic amines) is 1. The summed E-state index contributed by atoms with van der Waals surface area (Å²) in [7, 11) is 0. The van der Waals surface area contributed by atoms with Crippen molar-refractivity contribution < 1.29 is 4.79 Å². The van der Waals surface area contributed by atoms with Crippen molar-refractivity contribution in [2.75, 3.05) is 6.54 Å². The summed E-state index contributed by atoms with van der Waals surface area (Å²) in [6.07, 6.45) is 6.25. The zero-order chi connectivity index (χ0) is 10.7. The average molecular weight is 206 g/mol. The molecule has 0 saturated carbocycles. The van der Waals surface area contributed by atoms with E-state index in [-0.39, 0.29) is 12.1 Å². The number of hydrogen-bond donors (Lipinski definition) is 1. The number of carbonyl (C=O) groups excluding carboxylic acids is 1. The average Bonchev–Trinajstić information content (AvgIpc) is 2.30. The maximum Gasteiger partial charge on any atom is 0.315 e. The van der Waals surface area contributed by atoms with Crippen molar-refractivity contribution in [3.8, 4) is 0 Å². The Labute approximate surface area is 88.3 Å². The maximum atomic E-state index is 11.2. The second kappa shape index (κ2) is 4.25. The second-order valence-electron chi connectivity index (χ2n) is 3.68. The van der Waals surface area contributed by atoms with Crippen LogP contribution in [0.4, 0.5) is 4.79 Å². The van der Waals surface area contributed by atoms with Gasteiger partial charge in [0.05, 0.1) is 11.7 Å². The molecule has 0 radical (unpaired) electrons. The van der Waals surface area contributed by atoms with Gasteiger partial charge in [-0.1, -0.05) is 0 Å². The molecule has 2 N–H and O–H groups in total. The van der Waals surface area contributed by atoms with E-state index in [0.717, 1.165) is 31.5 Å². The van der Waals surface area contributed by atoms with Crippen LogP contribution in [0, 0.1) is 0 Å². The summed E-state index contributed by atoms with van der Waals surface area (Å²) < 4.78 is 0. The standard InChI is InChI=1S/C10H14N4O/c11-10(15)14-6-2-1-3-9(14)8-4-5-12-7-13-8/h4-5,7,9H,1-3,6H2,(H2,11,15). The van der Waals surface area contributed by atoms with Crippen molar-refractivity contribution >= 4 is 6.03 Å². The zero-order valence-electron chi connectivity index (χ0n) is 8.47. The van der Waals surface area contributed by atoms with Crippen molar-refractivity contribution in [2.24, 2.45) is 5.73 Å². The minimum atomic E-state index is -0.363. The first-order chi connectivity index (χ1) is 7.29. The summed E-state index contributed by atoms with van der Waals surface area (Å²) in [6.45, 7) is 0.726. The molecule has 1 aliphatic rings. The van der Waals surface area contributed by atoms with Crippen molar-refractivity contribution in [1.29, 1.82) is 0 Å². The van der Waals surface area contributed by atoms with Gasteiger partial charge in [-0.15, -0.1) is 0 Å². The van der Waals surface area contributed by atoms with E-state index in [1.54, 1.807) is 11.1 Å². The lowest BCUT2D eigenvalue weighted by Gasteiger charge is -2.33. The molecule has 0 bridgehead atoms. The Morgan fingerprint density at radius 3 is 3.07 bits per heavy atom. The summed E-state index contributed by atoms with van der Waals surface area (Å²) in [4.78, 5) is 21.0. The van der Waals surface area contributed by atoms with Gasteiger partial charge < -0.3 is 10.6 Å². The van der Waals surface area contributed by atoms with E-state index in [1.807, 2.05) is 6.07 Å². The van der Waals surface area contributed by atoms with E-state index in [9.17, 15) is 4.79 Å². The summed E-state index contributed by atoms with van der Waals surface area (Å²) in [5.74, 6) is 0. The Morgan fingerprint density at radius 2 is 2.40 bits per heavy atom. The van der Waals surface area contributed by atoms with Gasteiger partial charge in [-0.2, -0.15) is 0 Å². The van der Waals surface area contributed by atoms with Crippen LogP contribution < -0.4 is 5.73 Å². The van der Waals surface area contributed by atoms with Crippen LogP contribution >= 0.6 is 0 Å². The highest BCUT2D eigenvalue weighted by Crippen LogP contribution is 2.28. The van der Waals surface area contributed by atoms with Crippen molar-refractivity contribution in [3.05, 3.63) is 24.3 Å². The molecule has 1 aliphatic heterocycles. The van der Waals surface area contributed by atoms with E-state index in [1.165, 1.54) is 6.33 Å². The van der Waals surface area contributed by atoms with Gasteiger partial charge in [-0.25, -0.2) is 14.8 Å². The predicted molar refractivity (Wildman–Crippen MR) is 54.9 cm³/mol. The third kappa shape index (κ3) is 2.06. The number of nitrogens with two attached hydrogens (primary N) is 1. The molecule has 80 valence electrons. The molecular weight excluding hydrogens is 192 g/mol. The maximum absolute atomic E-state index is 11.2. The number of primary amides is 1. The highest BCUT2D eigenvalue weighted by molar-refractivity contribution is 5.72. The molecule has 0 aromatic carbocycles. The van der Waals surface area contributed by atoms with Gasteiger partial charge in [0.15, 0.2) is 0 Å². The van der Waals surface area contributed by atoms with E-state index < -0.39 is 0 Å². The Kier molecular flexibility index (Phi) is 2.80. The van der Waals surface area contributed by atoms with E-state index >= 15 is 0 Å². The van der Waals surface area contributed by atoms with Crippen LogP contribution in [-0.2, 0) is 0 Å². The molecular formula is C10H14N4O. The first-order valence-corrected chi connectivity index (χ1v) is 5.11. The lowest BCUT2D eigenvalue weighted by molar-refractivity contribution is 0.158. The molecule has 1 saturated heterocycles. The van der Waals surface area contributed by atoms with Crippen LogP contribution in [0.1, 0.15) is 31.0 Å². The smallest absolute Gasteiger partial charge is 0.315 e. The topological polar surface area (TPSA) is 72.1 Å². The molecule has 1 aromatic rings. The van der Waals surface area contributed by atoms with Crippen LogP contribution in [0.25, 0.3) is 0 Å². The van der Waals surface area contributed by atoms with Crippen molar-refractivity contribution in [2.45, 2.75) is 25.3 Å². The molecule has 1 fully saturated rings. The lowest BCUT2D eigenvalue weighted by Crippen LogP contribution is -2.42. The van der Waals surface area contributed by atoms with Gasteiger partial charge in [-0.05, 0) is 25.3 Å². The normalized spacial score (nSPS) is 21.3. The fourth-order valence-electron chi connectivity index (χ4n) is 2.00. The Hall–Kier alpha value is -1.65. The molecule has 1 atom stereocenters. The highest BCUT2D eigenvalue weighted by Gasteiger charge is 2.27. The molecule has 1 unspecified atom stereocenters. The molecule has 5 nitrogen and oxygen atoms in total. The fourth-order valence-corrected chi connectivity index (χ4v) is 2.00. The van der Waals surface area contributed by atoms with Crippen LogP contribution in [0.2, 0.25) is 0 Å². The molecule has 5 heteroatoms. The predicted octanol–water partition coefficient (Wildman–Crippen LogP) is 1.08. The van der Waals surface area contributed by atoms with Gasteiger partial charge in [0, 0.05) is 12.7 Å². The molecule has 0 spiro atoms. The molecule has 2 amide bonds. The summed E-state index contributed by atoms with van der Waals surface area (Å²) in [6, 6.07) is 1.50. The number of amides is 2. The third-order valence-electron chi connectivity index (χ3n) is 2.73. The number of nitrogens with zero attached hydrogens (tertiary/aromatic N) is 3. The largest absolute Gasteiger partial charge is 0.351 e. The lowest BCUT2D eigenvalue weighted by atomic mass is 10.00. The van der Waals surface area contributed by atoms with Gasteiger partial charge in [-0.3, -0.25) is 0 Å². The first kappa shape index (κ1) is 9.89. The third-order valence-corrected chi connectivity index (χ3v) is 2.73.